The number of hydrogen-bond donors (Lipinski definition) is 3. The number of amidine groups is 1. The normalized spacial score (nSPS) is 19.1. The Balaban J connectivity index is 2.38. The highest BCUT2D eigenvalue weighted by atomic mass is 16.4. The molecule has 0 unspecified atom stereocenters. The van der Waals surface area contributed by atoms with E-state index in [1.165, 1.54) is 0 Å². The Hall–Kier alpha value is -0.810. The van der Waals surface area contributed by atoms with Crippen molar-refractivity contribution in [3.8, 4) is 0 Å². The van der Waals surface area contributed by atoms with Gasteiger partial charge in [-0.15, -0.1) is 0 Å². The molecule has 4 N–H and O–H groups in total. The topological polar surface area (TPSA) is 82.1 Å². The first kappa shape index (κ1) is 13.3. The van der Waals surface area contributed by atoms with Crippen molar-refractivity contribution in [3.63, 3.8) is 0 Å². The number of nitrogens with two attached hydrogens (primary N) is 1. The molecule has 1 aliphatic carbocycles. The lowest BCUT2D eigenvalue weighted by Crippen LogP contribution is -2.33. The van der Waals surface area contributed by atoms with Crippen molar-refractivity contribution in [2.45, 2.75) is 32.6 Å². The maximum Gasteiger partial charge on any atom is 0.139 e. The molecule has 1 fully saturated rings. The number of hydrogen-bond acceptors (Lipinski definition) is 4. The zero-order chi connectivity index (χ0) is 12.0. The van der Waals surface area contributed by atoms with Gasteiger partial charge in [0.05, 0.1) is 0 Å². The molecule has 0 amide bonds. The summed E-state index contributed by atoms with van der Waals surface area (Å²) in [5.74, 6) is 0.329. The molecular weight excluding hydrogens is 206 g/mol. The van der Waals surface area contributed by atoms with Crippen LogP contribution in [0.4, 0.5) is 0 Å². The van der Waals surface area contributed by atoms with Gasteiger partial charge in [-0.25, -0.2) is 0 Å². The highest BCUT2D eigenvalue weighted by Crippen LogP contribution is 2.49. The monoisotopic (exact) mass is 229 g/mol. The van der Waals surface area contributed by atoms with E-state index in [2.05, 4.69) is 17.0 Å². The Bertz CT molecular complexity index is 239. The van der Waals surface area contributed by atoms with Crippen LogP contribution < -0.4 is 5.73 Å². The van der Waals surface area contributed by atoms with Gasteiger partial charge in [-0.2, -0.15) is 0 Å². The fourth-order valence-electron chi connectivity index (χ4n) is 2.10. The Morgan fingerprint density at radius 3 is 2.62 bits per heavy atom. The molecule has 0 saturated heterocycles. The summed E-state index contributed by atoms with van der Waals surface area (Å²) in [7, 11) is 0. The molecular formula is C11H23N3O2. The van der Waals surface area contributed by atoms with E-state index in [1.807, 2.05) is 0 Å². The minimum atomic E-state index is 0.224. The predicted molar refractivity (Wildman–Crippen MR) is 63.5 cm³/mol. The largest absolute Gasteiger partial charge is 0.409 e. The SMILES string of the molecule is CCN(CCCO)CC1(CC(N)=NO)CC1. The third-order valence-electron chi connectivity index (χ3n) is 3.28. The van der Waals surface area contributed by atoms with Crippen LogP contribution in [0.25, 0.3) is 0 Å². The lowest BCUT2D eigenvalue weighted by molar-refractivity contribution is 0.200. The highest BCUT2D eigenvalue weighted by molar-refractivity contribution is 5.80. The number of rotatable bonds is 8. The zero-order valence-electron chi connectivity index (χ0n) is 10.0. The average molecular weight is 229 g/mol. The van der Waals surface area contributed by atoms with Gasteiger partial charge >= 0.3 is 0 Å². The number of aliphatic hydroxyl groups is 1. The molecule has 0 aromatic carbocycles. The van der Waals surface area contributed by atoms with E-state index in [1.54, 1.807) is 0 Å². The van der Waals surface area contributed by atoms with Gasteiger partial charge in [-0.3, -0.25) is 0 Å². The second kappa shape index (κ2) is 6.06. The van der Waals surface area contributed by atoms with Crippen molar-refractivity contribution in [2.24, 2.45) is 16.3 Å². The molecule has 0 spiro atoms. The van der Waals surface area contributed by atoms with Crippen LogP contribution in [0.1, 0.15) is 32.6 Å². The maximum absolute atomic E-state index is 8.81. The van der Waals surface area contributed by atoms with Gasteiger partial charge in [0.25, 0.3) is 0 Å². The van der Waals surface area contributed by atoms with Crippen molar-refractivity contribution in [1.82, 2.24) is 4.90 Å². The van der Waals surface area contributed by atoms with Crippen molar-refractivity contribution >= 4 is 5.84 Å². The van der Waals surface area contributed by atoms with Crippen LogP contribution in [-0.2, 0) is 0 Å². The van der Waals surface area contributed by atoms with Crippen molar-refractivity contribution < 1.29 is 10.3 Å². The smallest absolute Gasteiger partial charge is 0.139 e. The molecule has 0 aromatic rings. The molecule has 16 heavy (non-hydrogen) atoms. The molecule has 5 heteroatoms. The summed E-state index contributed by atoms with van der Waals surface area (Å²) in [5.41, 5.74) is 5.78. The summed E-state index contributed by atoms with van der Waals surface area (Å²) in [6.45, 7) is 5.25. The van der Waals surface area contributed by atoms with Crippen LogP contribution in [0.5, 0.6) is 0 Å². The van der Waals surface area contributed by atoms with Gasteiger partial charge in [-0.05, 0) is 31.2 Å². The van der Waals surface area contributed by atoms with Crippen LogP contribution >= 0.6 is 0 Å². The molecule has 5 nitrogen and oxygen atoms in total. The predicted octanol–water partition coefficient (Wildman–Crippen LogP) is 0.607. The molecule has 94 valence electrons. The molecule has 1 rings (SSSR count). The summed E-state index contributed by atoms with van der Waals surface area (Å²) in [6, 6.07) is 0. The molecule has 0 aromatic heterocycles. The molecule has 0 bridgehead atoms. The fraction of sp³-hybridized carbons (Fsp3) is 0.909. The van der Waals surface area contributed by atoms with Gasteiger partial charge in [0.15, 0.2) is 0 Å². The Morgan fingerprint density at radius 1 is 1.50 bits per heavy atom. The molecule has 0 atom stereocenters. The van der Waals surface area contributed by atoms with E-state index in [-0.39, 0.29) is 12.0 Å². The molecule has 1 saturated carbocycles. The van der Waals surface area contributed by atoms with Crippen LogP contribution in [-0.4, -0.2) is 47.3 Å². The number of nitrogens with zero attached hydrogens (tertiary/aromatic N) is 2. The second-order valence-electron chi connectivity index (χ2n) is 4.71. The number of aliphatic hydroxyl groups excluding tert-OH is 1. The minimum Gasteiger partial charge on any atom is -0.409 e. The summed E-state index contributed by atoms with van der Waals surface area (Å²) in [5, 5.41) is 20.4. The van der Waals surface area contributed by atoms with Crippen molar-refractivity contribution in [2.75, 3.05) is 26.2 Å². The van der Waals surface area contributed by atoms with Crippen LogP contribution in [0, 0.1) is 5.41 Å². The first-order valence-corrected chi connectivity index (χ1v) is 5.95. The van der Waals surface area contributed by atoms with Gasteiger partial charge in [-0.1, -0.05) is 12.1 Å². The first-order valence-electron chi connectivity index (χ1n) is 5.95. The maximum atomic E-state index is 8.81. The standard InChI is InChI=1S/C11H23N3O2/c1-2-14(6-3-7-15)9-11(4-5-11)8-10(12)13-16/h15-16H,2-9H2,1H3,(H2,12,13). The van der Waals surface area contributed by atoms with Crippen LogP contribution in [0.3, 0.4) is 0 Å². The zero-order valence-corrected chi connectivity index (χ0v) is 10.0. The first-order chi connectivity index (χ1) is 7.65. The average Bonchev–Trinajstić information content (AvgIpc) is 3.04. The van der Waals surface area contributed by atoms with Crippen LogP contribution in [0.15, 0.2) is 5.16 Å². The molecule has 1 aliphatic rings. The summed E-state index contributed by atoms with van der Waals surface area (Å²) in [6.07, 6.45) is 3.80. The van der Waals surface area contributed by atoms with E-state index < -0.39 is 0 Å². The third kappa shape index (κ3) is 3.98. The van der Waals surface area contributed by atoms with E-state index in [0.717, 1.165) is 38.9 Å². The summed E-state index contributed by atoms with van der Waals surface area (Å²) in [4.78, 5) is 2.33. The molecule has 0 radical (unpaired) electrons. The summed E-state index contributed by atoms with van der Waals surface area (Å²) < 4.78 is 0. The Morgan fingerprint density at radius 2 is 2.19 bits per heavy atom. The van der Waals surface area contributed by atoms with Gasteiger partial charge < -0.3 is 20.9 Å². The van der Waals surface area contributed by atoms with Crippen molar-refractivity contribution in [3.05, 3.63) is 0 Å². The fourth-order valence-corrected chi connectivity index (χ4v) is 2.10. The van der Waals surface area contributed by atoms with E-state index in [4.69, 9.17) is 16.0 Å². The summed E-state index contributed by atoms with van der Waals surface area (Å²) >= 11 is 0. The lowest BCUT2D eigenvalue weighted by Gasteiger charge is -2.25. The quantitative estimate of drug-likeness (QED) is 0.246. The minimum absolute atomic E-state index is 0.224. The van der Waals surface area contributed by atoms with Gasteiger partial charge in [0.2, 0.25) is 0 Å². The lowest BCUT2D eigenvalue weighted by atomic mass is 10.0. The van der Waals surface area contributed by atoms with Crippen molar-refractivity contribution in [1.29, 1.82) is 0 Å². The molecule has 0 aliphatic heterocycles. The van der Waals surface area contributed by atoms with Gasteiger partial charge in [0.1, 0.15) is 5.84 Å². The number of oxime groups is 1. The Kier molecular flexibility index (Phi) is 5.02. The van der Waals surface area contributed by atoms with E-state index >= 15 is 0 Å². The van der Waals surface area contributed by atoms with Crippen LogP contribution in [0.2, 0.25) is 0 Å². The third-order valence-corrected chi connectivity index (χ3v) is 3.28. The molecule has 0 heterocycles. The van der Waals surface area contributed by atoms with E-state index in [0.29, 0.717) is 12.3 Å². The second-order valence-corrected chi connectivity index (χ2v) is 4.71. The van der Waals surface area contributed by atoms with E-state index in [9.17, 15) is 0 Å². The highest BCUT2D eigenvalue weighted by Gasteiger charge is 2.44. The van der Waals surface area contributed by atoms with Gasteiger partial charge in [0, 0.05) is 26.1 Å². The Labute approximate surface area is 96.9 Å².